The molecule has 4 aromatic rings. The Morgan fingerprint density at radius 1 is 1.00 bits per heavy atom. The van der Waals surface area contributed by atoms with E-state index in [9.17, 15) is 4.79 Å². The number of aryl methyl sites for hydroxylation is 2. The van der Waals surface area contributed by atoms with Gasteiger partial charge in [0.05, 0.1) is 11.0 Å². The quantitative estimate of drug-likeness (QED) is 0.576. The summed E-state index contributed by atoms with van der Waals surface area (Å²) in [7, 11) is 0. The summed E-state index contributed by atoms with van der Waals surface area (Å²) in [5, 5.41) is 7.27. The number of carbonyl (C=O) groups excluding carboxylic acids is 1. The van der Waals surface area contributed by atoms with Crippen LogP contribution in [-0.4, -0.2) is 25.9 Å². The predicted octanol–water partition coefficient (Wildman–Crippen LogP) is 3.92. The van der Waals surface area contributed by atoms with E-state index in [2.05, 4.69) is 46.1 Å². The maximum atomic E-state index is 12.3. The molecule has 0 aliphatic carbocycles. The Kier molecular flexibility index (Phi) is 4.13. The Hall–Kier alpha value is -3.21. The lowest BCUT2D eigenvalue weighted by atomic mass is 10.1. The van der Waals surface area contributed by atoms with Crippen molar-refractivity contribution in [2.45, 2.75) is 26.7 Å². The van der Waals surface area contributed by atoms with E-state index in [0.717, 1.165) is 28.0 Å². The van der Waals surface area contributed by atoms with Crippen LogP contribution < -0.4 is 0 Å². The summed E-state index contributed by atoms with van der Waals surface area (Å²) in [5.41, 5.74) is 6.90. The van der Waals surface area contributed by atoms with Crippen LogP contribution >= 0.6 is 0 Å². The third kappa shape index (κ3) is 3.28. The molecule has 4 rings (SSSR count). The molecule has 0 amide bonds. The molecule has 0 saturated carbocycles. The summed E-state index contributed by atoms with van der Waals surface area (Å²) >= 11 is 0. The van der Waals surface area contributed by atoms with Gasteiger partial charge in [-0.3, -0.25) is 9.89 Å². The van der Waals surface area contributed by atoms with E-state index in [4.69, 9.17) is 0 Å². The third-order valence-electron chi connectivity index (χ3n) is 4.60. The molecule has 2 aromatic carbocycles. The molecular weight excluding hydrogens is 324 g/mol. The maximum absolute atomic E-state index is 12.3. The van der Waals surface area contributed by atoms with Crippen LogP contribution in [0.3, 0.4) is 0 Å². The van der Waals surface area contributed by atoms with E-state index >= 15 is 0 Å². The van der Waals surface area contributed by atoms with Crippen LogP contribution in [0.25, 0.3) is 22.6 Å². The first-order chi connectivity index (χ1) is 12.6. The number of aromatic nitrogens is 4. The van der Waals surface area contributed by atoms with Gasteiger partial charge >= 0.3 is 0 Å². The number of Topliss-reactive ketones (excluding diaryl/α,β-unsaturated/α-hetero) is 1. The van der Waals surface area contributed by atoms with E-state index in [-0.39, 0.29) is 5.78 Å². The van der Waals surface area contributed by atoms with E-state index in [1.54, 1.807) is 0 Å². The van der Waals surface area contributed by atoms with Crippen LogP contribution in [0, 0.1) is 13.8 Å². The van der Waals surface area contributed by atoms with Crippen LogP contribution in [0.2, 0.25) is 0 Å². The number of carbonyl (C=O) groups is 1. The van der Waals surface area contributed by atoms with Crippen molar-refractivity contribution < 1.29 is 4.79 Å². The van der Waals surface area contributed by atoms with E-state index in [1.165, 1.54) is 11.1 Å². The summed E-state index contributed by atoms with van der Waals surface area (Å²) in [6.45, 7) is 4.16. The van der Waals surface area contributed by atoms with Crippen molar-refractivity contribution >= 4 is 16.8 Å². The molecule has 0 fully saturated rings. The SMILES string of the molecule is Cc1cc2nc(-c3cc(CC(=O)Cc4ccccc4)[nH]n3)[nH]c2cc1C. The molecule has 5 nitrogen and oxygen atoms in total. The van der Waals surface area contributed by atoms with Gasteiger partial charge in [-0.15, -0.1) is 0 Å². The van der Waals surface area contributed by atoms with Crippen molar-refractivity contribution in [2.24, 2.45) is 0 Å². The molecule has 0 spiro atoms. The molecule has 26 heavy (non-hydrogen) atoms. The second-order valence-electron chi connectivity index (χ2n) is 6.70. The van der Waals surface area contributed by atoms with Crippen LogP contribution in [0.15, 0.2) is 48.5 Å². The summed E-state index contributed by atoms with van der Waals surface area (Å²) in [6.07, 6.45) is 0.763. The fraction of sp³-hybridized carbons (Fsp3) is 0.190. The van der Waals surface area contributed by atoms with Gasteiger partial charge in [0.25, 0.3) is 0 Å². The van der Waals surface area contributed by atoms with Gasteiger partial charge in [0.2, 0.25) is 0 Å². The summed E-state index contributed by atoms with van der Waals surface area (Å²) in [6, 6.07) is 15.8. The van der Waals surface area contributed by atoms with Crippen LogP contribution in [0.1, 0.15) is 22.4 Å². The van der Waals surface area contributed by atoms with Crippen LogP contribution in [0.5, 0.6) is 0 Å². The zero-order valence-electron chi connectivity index (χ0n) is 14.8. The first-order valence-electron chi connectivity index (χ1n) is 8.66. The lowest BCUT2D eigenvalue weighted by Gasteiger charge is -1.99. The van der Waals surface area contributed by atoms with E-state index in [0.29, 0.717) is 18.7 Å². The van der Waals surface area contributed by atoms with Crippen molar-refractivity contribution in [3.63, 3.8) is 0 Å². The minimum atomic E-state index is 0.155. The molecule has 130 valence electrons. The molecule has 0 bridgehead atoms. The average molecular weight is 344 g/mol. The highest BCUT2D eigenvalue weighted by Crippen LogP contribution is 2.22. The van der Waals surface area contributed by atoms with E-state index < -0.39 is 0 Å². The van der Waals surface area contributed by atoms with Gasteiger partial charge in [0, 0.05) is 18.5 Å². The molecule has 0 atom stereocenters. The van der Waals surface area contributed by atoms with Crippen molar-refractivity contribution in [1.82, 2.24) is 20.2 Å². The van der Waals surface area contributed by atoms with Crippen LogP contribution in [0.4, 0.5) is 0 Å². The van der Waals surface area contributed by atoms with Crippen molar-refractivity contribution in [3.8, 4) is 11.5 Å². The predicted molar refractivity (Wildman–Crippen MR) is 102 cm³/mol. The fourth-order valence-corrected chi connectivity index (χ4v) is 3.06. The van der Waals surface area contributed by atoms with Gasteiger partial charge in [0.1, 0.15) is 11.5 Å². The number of hydrogen-bond donors (Lipinski definition) is 2. The fourth-order valence-electron chi connectivity index (χ4n) is 3.06. The van der Waals surface area contributed by atoms with Gasteiger partial charge in [0.15, 0.2) is 5.82 Å². The molecule has 2 aromatic heterocycles. The second-order valence-corrected chi connectivity index (χ2v) is 6.70. The molecule has 2 heterocycles. The maximum Gasteiger partial charge on any atom is 0.159 e. The highest BCUT2D eigenvalue weighted by molar-refractivity contribution is 5.83. The van der Waals surface area contributed by atoms with E-state index in [1.807, 2.05) is 36.4 Å². The molecule has 0 unspecified atom stereocenters. The topological polar surface area (TPSA) is 74.4 Å². The van der Waals surface area contributed by atoms with Crippen LogP contribution in [-0.2, 0) is 17.6 Å². The number of nitrogens with zero attached hydrogens (tertiary/aromatic N) is 2. The number of fused-ring (bicyclic) bond motifs is 1. The minimum absolute atomic E-state index is 0.155. The highest BCUT2D eigenvalue weighted by atomic mass is 16.1. The molecule has 0 aliphatic heterocycles. The number of hydrogen-bond acceptors (Lipinski definition) is 3. The summed E-state index contributed by atoms with van der Waals surface area (Å²) in [5.74, 6) is 0.866. The first kappa shape index (κ1) is 16.3. The second kappa shape index (κ2) is 6.59. The van der Waals surface area contributed by atoms with Gasteiger partial charge in [-0.2, -0.15) is 5.10 Å². The Morgan fingerprint density at radius 2 is 1.77 bits per heavy atom. The number of aromatic amines is 2. The molecule has 0 aliphatic rings. The number of imidazole rings is 1. The molecule has 0 radical (unpaired) electrons. The Morgan fingerprint density at radius 3 is 2.58 bits per heavy atom. The van der Waals surface area contributed by atoms with Crippen molar-refractivity contribution in [2.75, 3.05) is 0 Å². The Bertz CT molecular complexity index is 1040. The summed E-state index contributed by atoms with van der Waals surface area (Å²) in [4.78, 5) is 20.2. The zero-order chi connectivity index (χ0) is 18.1. The largest absolute Gasteiger partial charge is 0.337 e. The number of nitrogens with one attached hydrogen (secondary N) is 2. The normalized spacial score (nSPS) is 11.2. The Balaban J connectivity index is 1.52. The molecule has 0 saturated heterocycles. The summed E-state index contributed by atoms with van der Waals surface area (Å²) < 4.78 is 0. The average Bonchev–Trinajstić information content (AvgIpc) is 3.23. The minimum Gasteiger partial charge on any atom is -0.337 e. The first-order valence-corrected chi connectivity index (χ1v) is 8.66. The number of benzene rings is 2. The highest BCUT2D eigenvalue weighted by Gasteiger charge is 2.12. The molecule has 2 N–H and O–H groups in total. The number of ketones is 1. The lowest BCUT2D eigenvalue weighted by Crippen LogP contribution is -2.06. The van der Waals surface area contributed by atoms with Crippen molar-refractivity contribution in [1.29, 1.82) is 0 Å². The zero-order valence-corrected chi connectivity index (χ0v) is 14.8. The van der Waals surface area contributed by atoms with Gasteiger partial charge in [-0.1, -0.05) is 30.3 Å². The lowest BCUT2D eigenvalue weighted by molar-refractivity contribution is -0.117. The van der Waals surface area contributed by atoms with Gasteiger partial charge in [-0.05, 0) is 48.7 Å². The van der Waals surface area contributed by atoms with Gasteiger partial charge < -0.3 is 4.98 Å². The Labute approximate surface area is 151 Å². The number of H-pyrrole nitrogens is 2. The number of rotatable bonds is 5. The smallest absolute Gasteiger partial charge is 0.159 e. The monoisotopic (exact) mass is 344 g/mol. The third-order valence-corrected chi connectivity index (χ3v) is 4.60. The molecular formula is C21H20N4O. The van der Waals surface area contributed by atoms with Crippen molar-refractivity contribution in [3.05, 3.63) is 70.9 Å². The standard InChI is InChI=1S/C21H20N4O/c1-13-8-18-19(9-14(13)2)23-21(22-18)20-12-16(24-25-20)11-17(26)10-15-6-4-3-5-7-15/h3-9,12H,10-11H2,1-2H3,(H,22,23)(H,24,25). The van der Waals surface area contributed by atoms with Gasteiger partial charge in [-0.25, -0.2) is 4.98 Å². The molecule has 5 heteroatoms.